The molecule has 0 radical (unpaired) electrons. The minimum atomic E-state index is -0.0370. The topological polar surface area (TPSA) is 46.3 Å². The number of allylic oxidation sites excluding steroid dienone is 9. The average molecular weight is 383 g/mol. The summed E-state index contributed by atoms with van der Waals surface area (Å²) in [6, 6.07) is 0. The van der Waals surface area contributed by atoms with Gasteiger partial charge in [0, 0.05) is 12.6 Å². The van der Waals surface area contributed by atoms with E-state index in [1.54, 1.807) is 17.1 Å². The summed E-state index contributed by atoms with van der Waals surface area (Å²) in [5.74, 6) is 0.474. The third kappa shape index (κ3) is 10.1. The minimum Gasteiger partial charge on any atom is -0.385 e. The lowest BCUT2D eigenvalue weighted by Gasteiger charge is -2.22. The van der Waals surface area contributed by atoms with E-state index in [0.29, 0.717) is 12.4 Å². The summed E-state index contributed by atoms with van der Waals surface area (Å²) >= 11 is 0. The molecule has 0 atom stereocenters. The van der Waals surface area contributed by atoms with E-state index in [1.807, 2.05) is 19.1 Å². The molecule has 0 aromatic rings. The maximum atomic E-state index is 12.3. The summed E-state index contributed by atoms with van der Waals surface area (Å²) < 4.78 is 0. The van der Waals surface area contributed by atoms with Crippen LogP contribution in [0.15, 0.2) is 70.6 Å². The normalized spacial score (nSPS) is 15.5. The zero-order valence-corrected chi connectivity index (χ0v) is 18.4. The maximum absolute atomic E-state index is 12.3. The Balaban J connectivity index is 2.35. The summed E-state index contributed by atoms with van der Waals surface area (Å²) in [5.41, 5.74) is 11.2. The fourth-order valence-electron chi connectivity index (χ4n) is 2.99. The van der Waals surface area contributed by atoms with Crippen molar-refractivity contribution in [1.29, 1.82) is 0 Å². The van der Waals surface area contributed by atoms with Crippen molar-refractivity contribution >= 4 is 5.91 Å². The minimum absolute atomic E-state index is 0.0370. The average Bonchev–Trinajstić information content (AvgIpc) is 2.61. The molecule has 1 rings (SSSR count). The molecular formula is C25H38N2O. The smallest absolute Gasteiger partial charge is 0.252 e. The standard InChI is InChI=1S/C25H38N2O/c1-20(2)11-8-12-21(3)13-9-14-22(4)15-10-16-23(5)19-25(28)27-18-7-6-17-24(27)26/h6-7,11,13,15,17,19H,8-10,12,14,16,18,26H2,1-5H3. The second kappa shape index (κ2) is 13.0. The Morgan fingerprint density at radius 2 is 1.46 bits per heavy atom. The molecule has 0 spiro atoms. The van der Waals surface area contributed by atoms with Crippen LogP contribution in [0.5, 0.6) is 0 Å². The number of amides is 1. The molecule has 0 bridgehead atoms. The number of nitrogens with two attached hydrogens (primary N) is 1. The van der Waals surface area contributed by atoms with Crippen LogP contribution >= 0.6 is 0 Å². The van der Waals surface area contributed by atoms with Crippen molar-refractivity contribution in [3.8, 4) is 0 Å². The Morgan fingerprint density at radius 1 is 0.929 bits per heavy atom. The zero-order chi connectivity index (χ0) is 20.9. The van der Waals surface area contributed by atoms with Gasteiger partial charge < -0.3 is 5.73 Å². The second-order valence-corrected chi connectivity index (χ2v) is 7.96. The molecule has 1 aliphatic rings. The first-order chi connectivity index (χ1) is 13.3. The van der Waals surface area contributed by atoms with Crippen molar-refractivity contribution in [3.05, 3.63) is 70.6 Å². The van der Waals surface area contributed by atoms with Gasteiger partial charge in [0.1, 0.15) is 5.82 Å². The third-order valence-electron chi connectivity index (χ3n) is 4.79. The molecule has 1 amide bonds. The monoisotopic (exact) mass is 382 g/mol. The molecule has 3 heteroatoms. The van der Waals surface area contributed by atoms with E-state index in [4.69, 9.17) is 5.73 Å². The highest BCUT2D eigenvalue weighted by atomic mass is 16.2. The molecular weight excluding hydrogens is 344 g/mol. The summed E-state index contributed by atoms with van der Waals surface area (Å²) in [6.07, 6.45) is 20.6. The number of carbonyl (C=O) groups excluding carboxylic acids is 1. The number of hydrogen-bond acceptors (Lipinski definition) is 2. The van der Waals surface area contributed by atoms with E-state index in [2.05, 4.69) is 45.9 Å². The molecule has 3 nitrogen and oxygen atoms in total. The first-order valence-electron chi connectivity index (χ1n) is 10.3. The second-order valence-electron chi connectivity index (χ2n) is 7.96. The van der Waals surface area contributed by atoms with Crippen LogP contribution in [0.3, 0.4) is 0 Å². The highest BCUT2D eigenvalue weighted by Crippen LogP contribution is 2.14. The van der Waals surface area contributed by atoms with Crippen molar-refractivity contribution in [2.75, 3.05) is 6.54 Å². The molecule has 0 aromatic carbocycles. The van der Waals surface area contributed by atoms with E-state index < -0.39 is 0 Å². The number of carbonyl (C=O) groups is 1. The highest BCUT2D eigenvalue weighted by molar-refractivity contribution is 5.89. The Morgan fingerprint density at radius 3 is 2.00 bits per heavy atom. The molecule has 0 saturated carbocycles. The van der Waals surface area contributed by atoms with E-state index in [9.17, 15) is 4.79 Å². The fraction of sp³-hybridized carbons (Fsp3) is 0.480. The molecule has 28 heavy (non-hydrogen) atoms. The van der Waals surface area contributed by atoms with Gasteiger partial charge in [-0.2, -0.15) is 0 Å². The number of rotatable bonds is 10. The molecule has 1 heterocycles. The van der Waals surface area contributed by atoms with Crippen molar-refractivity contribution in [3.63, 3.8) is 0 Å². The summed E-state index contributed by atoms with van der Waals surface area (Å²) in [4.78, 5) is 13.9. The van der Waals surface area contributed by atoms with Crippen molar-refractivity contribution in [1.82, 2.24) is 4.90 Å². The van der Waals surface area contributed by atoms with Crippen LogP contribution in [0.2, 0.25) is 0 Å². The molecule has 1 aliphatic heterocycles. The Kier molecular flexibility index (Phi) is 11.0. The van der Waals surface area contributed by atoms with E-state index in [1.165, 1.54) is 16.7 Å². The lowest BCUT2D eigenvalue weighted by atomic mass is 10.0. The quantitative estimate of drug-likeness (QED) is 0.354. The van der Waals surface area contributed by atoms with Gasteiger partial charge in [0.2, 0.25) is 0 Å². The molecule has 0 aliphatic carbocycles. The van der Waals surface area contributed by atoms with Gasteiger partial charge in [-0.1, -0.05) is 52.7 Å². The van der Waals surface area contributed by atoms with Crippen molar-refractivity contribution < 1.29 is 4.79 Å². The van der Waals surface area contributed by atoms with Crippen LogP contribution in [-0.4, -0.2) is 17.4 Å². The Bertz CT molecular complexity index is 698. The Labute approximate surface area is 172 Å². The number of hydrogen-bond donors (Lipinski definition) is 1. The van der Waals surface area contributed by atoms with Gasteiger partial charge in [-0.15, -0.1) is 0 Å². The molecule has 0 saturated heterocycles. The highest BCUT2D eigenvalue weighted by Gasteiger charge is 2.13. The summed E-state index contributed by atoms with van der Waals surface area (Å²) in [6.45, 7) is 11.3. The van der Waals surface area contributed by atoms with Crippen LogP contribution in [-0.2, 0) is 4.79 Å². The predicted molar refractivity (Wildman–Crippen MR) is 122 cm³/mol. The lowest BCUT2D eigenvalue weighted by molar-refractivity contribution is -0.123. The van der Waals surface area contributed by atoms with Crippen LogP contribution in [0.25, 0.3) is 0 Å². The SMILES string of the molecule is CC(C)=CCCC(C)=CCCC(C)=CCCC(C)=CC(=O)N1CC=CC=C1N. The third-order valence-corrected chi connectivity index (χ3v) is 4.79. The molecule has 0 unspecified atom stereocenters. The zero-order valence-electron chi connectivity index (χ0n) is 18.4. The predicted octanol–water partition coefficient (Wildman–Crippen LogP) is 6.33. The van der Waals surface area contributed by atoms with Gasteiger partial charge in [0.05, 0.1) is 0 Å². The molecule has 0 fully saturated rings. The van der Waals surface area contributed by atoms with Crippen molar-refractivity contribution in [2.45, 2.75) is 73.1 Å². The maximum Gasteiger partial charge on any atom is 0.252 e. The first-order valence-corrected chi connectivity index (χ1v) is 10.3. The summed E-state index contributed by atoms with van der Waals surface area (Å²) in [7, 11) is 0. The van der Waals surface area contributed by atoms with Gasteiger partial charge in [-0.05, 0) is 79.2 Å². The van der Waals surface area contributed by atoms with E-state index >= 15 is 0 Å². The van der Waals surface area contributed by atoms with Crippen LogP contribution in [0.1, 0.15) is 73.1 Å². The summed E-state index contributed by atoms with van der Waals surface area (Å²) in [5, 5.41) is 0. The molecule has 0 aromatic heterocycles. The van der Waals surface area contributed by atoms with Gasteiger partial charge in [-0.25, -0.2) is 0 Å². The Hall–Kier alpha value is -2.29. The van der Waals surface area contributed by atoms with Crippen LogP contribution < -0.4 is 5.73 Å². The number of nitrogens with zero attached hydrogens (tertiary/aromatic N) is 1. The molecule has 2 N–H and O–H groups in total. The first kappa shape index (κ1) is 23.7. The van der Waals surface area contributed by atoms with Gasteiger partial charge in [0.25, 0.3) is 5.91 Å². The van der Waals surface area contributed by atoms with Crippen LogP contribution in [0, 0.1) is 0 Å². The fourth-order valence-corrected chi connectivity index (χ4v) is 2.99. The van der Waals surface area contributed by atoms with Gasteiger partial charge >= 0.3 is 0 Å². The van der Waals surface area contributed by atoms with E-state index in [-0.39, 0.29) is 5.91 Å². The van der Waals surface area contributed by atoms with E-state index in [0.717, 1.165) is 44.1 Å². The lowest BCUT2D eigenvalue weighted by Crippen LogP contribution is -2.34. The van der Waals surface area contributed by atoms with Crippen LogP contribution in [0.4, 0.5) is 0 Å². The van der Waals surface area contributed by atoms with Crippen molar-refractivity contribution in [2.24, 2.45) is 5.73 Å². The largest absolute Gasteiger partial charge is 0.385 e. The van der Waals surface area contributed by atoms with Gasteiger partial charge in [0.15, 0.2) is 0 Å². The molecule has 154 valence electrons. The van der Waals surface area contributed by atoms with Gasteiger partial charge in [-0.3, -0.25) is 9.69 Å².